The minimum absolute atomic E-state index is 0.940. The molecule has 46 valence electrons. The lowest BCUT2D eigenvalue weighted by Crippen LogP contribution is -2.74. The predicted octanol–water partition coefficient (Wildman–Crippen LogP) is -0.457. The lowest BCUT2D eigenvalue weighted by Gasteiger charge is -1.81. The van der Waals surface area contributed by atoms with Crippen LogP contribution in [0.2, 0.25) is 0 Å². The van der Waals surface area contributed by atoms with E-state index in [1.54, 1.807) is 19.5 Å². The quantitative estimate of drug-likeness (QED) is 0.371. The van der Waals surface area contributed by atoms with Crippen molar-refractivity contribution >= 4 is 6.21 Å². The molecule has 0 heterocycles. The van der Waals surface area contributed by atoms with E-state index >= 15 is 0 Å². The highest BCUT2D eigenvalue weighted by Gasteiger charge is 1.79. The Kier molecular flexibility index (Phi) is 4.11. The first-order chi connectivity index (χ1) is 3.81. The molecule has 0 aliphatic heterocycles. The third-order valence-electron chi connectivity index (χ3n) is 0.670. The topological polar surface area (TPSA) is 49.2 Å². The van der Waals surface area contributed by atoms with Crippen LogP contribution in [0.15, 0.2) is 16.8 Å². The Balaban J connectivity index is 3.61. The van der Waals surface area contributed by atoms with Crippen molar-refractivity contribution in [3.63, 3.8) is 0 Å². The highest BCUT2D eigenvalue weighted by atomic mass is 16.5. The van der Waals surface area contributed by atoms with Crippen molar-refractivity contribution in [2.45, 2.75) is 6.92 Å². The van der Waals surface area contributed by atoms with Gasteiger partial charge in [0, 0.05) is 18.8 Å². The van der Waals surface area contributed by atoms with Crippen molar-refractivity contribution in [2.24, 2.45) is 4.99 Å². The number of allylic oxidation sites excluding steroid dienone is 1. The van der Waals surface area contributed by atoms with Crippen LogP contribution >= 0.6 is 0 Å². The maximum absolute atomic E-state index is 8.20. The van der Waals surface area contributed by atoms with Gasteiger partial charge >= 0.3 is 0 Å². The van der Waals surface area contributed by atoms with E-state index in [2.05, 4.69) is 4.99 Å². The Hall–Kier alpha value is -0.670. The van der Waals surface area contributed by atoms with Crippen molar-refractivity contribution in [1.82, 2.24) is 0 Å². The summed E-state index contributed by atoms with van der Waals surface area (Å²) in [4.78, 5) is 3.73. The number of hydrogen-bond donors (Lipinski definition) is 2. The van der Waals surface area contributed by atoms with E-state index in [0.717, 1.165) is 11.1 Å². The molecule has 0 bridgehead atoms. The first kappa shape index (κ1) is 7.33. The first-order valence-corrected chi connectivity index (χ1v) is 2.37. The van der Waals surface area contributed by atoms with E-state index in [-0.39, 0.29) is 0 Å². The van der Waals surface area contributed by atoms with E-state index in [0.29, 0.717) is 0 Å². The second-order valence-electron chi connectivity index (χ2n) is 1.45. The molecule has 0 fully saturated rings. The van der Waals surface area contributed by atoms with Crippen molar-refractivity contribution in [3.05, 3.63) is 11.8 Å². The monoisotopic (exact) mass is 115 g/mol. The summed E-state index contributed by atoms with van der Waals surface area (Å²) in [5.74, 6) is 0. The summed E-state index contributed by atoms with van der Waals surface area (Å²) in [6, 6.07) is 0. The molecule has 0 amide bonds. The van der Waals surface area contributed by atoms with Gasteiger partial charge in [-0.1, -0.05) is 0 Å². The van der Waals surface area contributed by atoms with Crippen LogP contribution in [-0.2, 0) is 0 Å². The molecule has 0 aliphatic rings. The lowest BCUT2D eigenvalue weighted by atomic mass is 10.4. The van der Waals surface area contributed by atoms with E-state index in [1.165, 1.54) is 0 Å². The number of nitrogens with zero attached hydrogens (tertiary/aromatic N) is 1. The van der Waals surface area contributed by atoms with Gasteiger partial charge in [-0.15, -0.1) is 0 Å². The zero-order valence-corrected chi connectivity index (χ0v) is 5.13. The van der Waals surface area contributed by atoms with Gasteiger partial charge in [0.25, 0.3) is 0 Å². The summed E-state index contributed by atoms with van der Waals surface area (Å²) in [5.41, 5.74) is 1.94. The molecule has 0 spiro atoms. The summed E-state index contributed by atoms with van der Waals surface area (Å²) < 4.78 is 0. The molecule has 0 aromatic heterocycles. The number of hydroxylamine groups is 1. The van der Waals surface area contributed by atoms with Crippen molar-refractivity contribution in [3.8, 4) is 0 Å². The van der Waals surface area contributed by atoms with Crippen LogP contribution in [0.4, 0.5) is 0 Å². The molecule has 0 radical (unpaired) electrons. The molecule has 8 heavy (non-hydrogen) atoms. The van der Waals surface area contributed by atoms with E-state index < -0.39 is 0 Å². The molecule has 3 nitrogen and oxygen atoms in total. The second kappa shape index (κ2) is 4.49. The fourth-order valence-electron chi connectivity index (χ4n) is 0.364. The summed E-state index contributed by atoms with van der Waals surface area (Å²) in [6.45, 7) is 1.86. The Bertz CT molecular complexity index is 107. The number of rotatable bonds is 2. The molecular formula is C5H11N2O+. The molecule has 0 unspecified atom stereocenters. The molecule has 0 aliphatic carbocycles. The molecule has 0 saturated heterocycles. The molecule has 0 saturated carbocycles. The van der Waals surface area contributed by atoms with E-state index in [4.69, 9.17) is 5.21 Å². The van der Waals surface area contributed by atoms with Gasteiger partial charge in [-0.2, -0.15) is 5.48 Å². The Morgan fingerprint density at radius 3 is 2.75 bits per heavy atom. The van der Waals surface area contributed by atoms with Crippen LogP contribution in [-0.4, -0.2) is 18.5 Å². The van der Waals surface area contributed by atoms with Crippen molar-refractivity contribution < 1.29 is 10.7 Å². The van der Waals surface area contributed by atoms with Gasteiger partial charge in [0.2, 0.25) is 0 Å². The molecule has 0 atom stereocenters. The van der Waals surface area contributed by atoms with Gasteiger partial charge in [0.1, 0.15) is 6.20 Å². The normalized spacial score (nSPS) is 13.1. The SMILES string of the molecule is CN=C/C(C)=C\[NH2+]O. The van der Waals surface area contributed by atoms with Crippen LogP contribution < -0.4 is 5.48 Å². The van der Waals surface area contributed by atoms with Crippen LogP contribution in [0.3, 0.4) is 0 Å². The van der Waals surface area contributed by atoms with Crippen molar-refractivity contribution in [1.29, 1.82) is 0 Å². The lowest BCUT2D eigenvalue weighted by molar-refractivity contribution is -0.838. The molecule has 3 heteroatoms. The minimum atomic E-state index is 0.940. The Morgan fingerprint density at radius 2 is 2.38 bits per heavy atom. The zero-order valence-electron chi connectivity index (χ0n) is 5.13. The summed E-state index contributed by atoms with van der Waals surface area (Å²) in [5, 5.41) is 8.20. The van der Waals surface area contributed by atoms with Crippen LogP contribution in [0, 0.1) is 0 Å². The fourth-order valence-corrected chi connectivity index (χ4v) is 0.364. The smallest absolute Gasteiger partial charge is 0.129 e. The van der Waals surface area contributed by atoms with Crippen LogP contribution in [0.25, 0.3) is 0 Å². The van der Waals surface area contributed by atoms with Gasteiger partial charge in [0.15, 0.2) is 0 Å². The summed E-state index contributed by atoms with van der Waals surface area (Å²) in [7, 11) is 1.69. The maximum atomic E-state index is 8.20. The zero-order chi connectivity index (χ0) is 6.41. The van der Waals surface area contributed by atoms with Gasteiger partial charge < -0.3 is 0 Å². The molecule has 0 aromatic rings. The van der Waals surface area contributed by atoms with Gasteiger partial charge in [-0.25, -0.2) is 5.21 Å². The second-order valence-corrected chi connectivity index (χ2v) is 1.45. The average molecular weight is 115 g/mol. The third-order valence-corrected chi connectivity index (χ3v) is 0.670. The maximum Gasteiger partial charge on any atom is 0.129 e. The Labute approximate surface area is 48.7 Å². The van der Waals surface area contributed by atoms with Gasteiger partial charge in [-0.3, -0.25) is 4.99 Å². The largest absolute Gasteiger partial charge is 0.296 e. The average Bonchev–Trinajstić information content (AvgIpc) is 1.68. The number of nitrogens with two attached hydrogens (primary N) is 1. The third kappa shape index (κ3) is 3.52. The van der Waals surface area contributed by atoms with Gasteiger partial charge in [-0.05, 0) is 6.92 Å². The molecule has 0 aromatic carbocycles. The number of hydrogen-bond acceptors (Lipinski definition) is 2. The van der Waals surface area contributed by atoms with Gasteiger partial charge in [0.05, 0.1) is 0 Å². The Morgan fingerprint density at radius 1 is 1.75 bits per heavy atom. The van der Waals surface area contributed by atoms with E-state index in [1.807, 2.05) is 6.92 Å². The van der Waals surface area contributed by atoms with E-state index in [9.17, 15) is 0 Å². The standard InChI is InChI=1S/C5H10N2O/c1-5(3-6-2)4-7-8/h3-4,7-8H,1-2H3/p+1/b5-4-,6-3?. The molecule has 0 rings (SSSR count). The number of aliphatic imine (C=N–C) groups is 1. The van der Waals surface area contributed by atoms with Crippen LogP contribution in [0.1, 0.15) is 6.92 Å². The predicted molar refractivity (Wildman–Crippen MR) is 31.9 cm³/mol. The fraction of sp³-hybridized carbons (Fsp3) is 0.400. The summed E-state index contributed by atoms with van der Waals surface area (Å²) in [6.07, 6.45) is 3.25. The highest BCUT2D eigenvalue weighted by molar-refractivity contribution is 5.76. The van der Waals surface area contributed by atoms with Crippen molar-refractivity contribution in [2.75, 3.05) is 7.05 Å². The molecular weight excluding hydrogens is 104 g/mol. The molecule has 3 N–H and O–H groups in total. The summed E-state index contributed by atoms with van der Waals surface area (Å²) >= 11 is 0. The highest BCUT2D eigenvalue weighted by Crippen LogP contribution is 1.78. The first-order valence-electron chi connectivity index (χ1n) is 2.37. The number of quaternary nitrogens is 1. The van der Waals surface area contributed by atoms with Crippen LogP contribution in [0.5, 0.6) is 0 Å². The minimum Gasteiger partial charge on any atom is -0.296 e.